The number of rotatable bonds is 12. The summed E-state index contributed by atoms with van der Waals surface area (Å²) < 4.78 is 11.6. The molecule has 6 aromatic rings. The number of benzene rings is 3. The fraction of sp³-hybridized carbons (Fsp3) is 0.316. The first kappa shape index (κ1) is 35.0. The quantitative estimate of drug-likeness (QED) is 0.101. The maximum Gasteiger partial charge on any atom is 0.337 e. The van der Waals surface area contributed by atoms with Crippen LogP contribution < -0.4 is 9.64 Å². The number of aldehydes is 1. The Balaban J connectivity index is 1.40. The van der Waals surface area contributed by atoms with Gasteiger partial charge in [0.15, 0.2) is 12.1 Å². The topological polar surface area (TPSA) is 107 Å². The van der Waals surface area contributed by atoms with Gasteiger partial charge < -0.3 is 19.3 Å². The number of carboxylic acids is 1. The number of nitrogens with zero attached hydrogens (tertiary/aromatic N) is 6. The second-order valence-corrected chi connectivity index (χ2v) is 13.6. The van der Waals surface area contributed by atoms with E-state index in [0.29, 0.717) is 54.6 Å². The number of aromatic carboxylic acids is 1. The van der Waals surface area contributed by atoms with E-state index in [1.54, 1.807) is 23.9 Å². The Kier molecular flexibility index (Phi) is 9.70. The van der Waals surface area contributed by atoms with E-state index in [4.69, 9.17) is 33.0 Å². The SMILES string of the molecule is Cc1cc(OCCCc2c(C=O)n(CCN(C)c3nn(C)c4c(C(=O)O)cccc34)c3c(-c4c(C)nn(C)c4C)c(Cl)ccc23)cc(C)c1Cl. The molecule has 0 atom stereocenters. The molecule has 50 heavy (non-hydrogen) atoms. The van der Waals surface area contributed by atoms with Crippen LogP contribution in [0.2, 0.25) is 10.0 Å². The second-order valence-electron chi connectivity index (χ2n) is 12.8. The largest absolute Gasteiger partial charge is 0.494 e. The van der Waals surface area contributed by atoms with Crippen LogP contribution in [0.4, 0.5) is 5.82 Å². The van der Waals surface area contributed by atoms with Gasteiger partial charge in [-0.1, -0.05) is 35.3 Å². The molecule has 0 unspecified atom stereocenters. The van der Waals surface area contributed by atoms with Crippen LogP contribution in [0.5, 0.6) is 5.75 Å². The molecule has 0 fully saturated rings. The number of fused-ring (bicyclic) bond motifs is 2. The Morgan fingerprint density at radius 3 is 2.32 bits per heavy atom. The van der Waals surface area contributed by atoms with Gasteiger partial charge in [-0.05, 0) is 87.6 Å². The lowest BCUT2D eigenvalue weighted by molar-refractivity contribution is 0.0698. The van der Waals surface area contributed by atoms with Crippen molar-refractivity contribution < 1.29 is 19.4 Å². The molecule has 6 rings (SSSR count). The standard InChI is InChI=1S/C38H40Cl2N6O4/c1-21-18-25(19-22(2)34(21)40)50-17-9-12-26-27-13-14-30(39)33(32-23(3)41-44(6)24(32)4)36(27)46(31(26)20-47)16-15-43(5)37-28-10-8-11-29(38(48)49)35(28)45(7)42-37/h8,10-11,13-14,18-20H,9,12,15-17H2,1-7H3,(H,48,49). The number of hydrogen-bond donors (Lipinski definition) is 1. The molecular weight excluding hydrogens is 675 g/mol. The van der Waals surface area contributed by atoms with Crippen LogP contribution in [-0.2, 0) is 27.1 Å². The first-order chi connectivity index (χ1) is 23.8. The van der Waals surface area contributed by atoms with Crippen LogP contribution in [0.25, 0.3) is 32.9 Å². The van der Waals surface area contributed by atoms with Crippen molar-refractivity contribution in [2.45, 2.75) is 47.1 Å². The summed E-state index contributed by atoms with van der Waals surface area (Å²) in [6.45, 7) is 9.27. The van der Waals surface area contributed by atoms with Crippen molar-refractivity contribution in [1.82, 2.24) is 24.1 Å². The van der Waals surface area contributed by atoms with Gasteiger partial charge in [-0.25, -0.2) is 4.79 Å². The zero-order chi connectivity index (χ0) is 36.0. The van der Waals surface area contributed by atoms with Crippen molar-refractivity contribution in [1.29, 1.82) is 0 Å². The molecule has 3 heterocycles. The molecular formula is C38H40Cl2N6O4. The highest BCUT2D eigenvalue weighted by atomic mass is 35.5. The third kappa shape index (κ3) is 6.11. The van der Waals surface area contributed by atoms with Gasteiger partial charge in [0.2, 0.25) is 0 Å². The fourth-order valence-corrected chi connectivity index (χ4v) is 7.43. The number of anilines is 1. The summed E-state index contributed by atoms with van der Waals surface area (Å²) in [5.41, 5.74) is 8.61. The van der Waals surface area contributed by atoms with Crippen molar-refractivity contribution in [3.05, 3.63) is 91.8 Å². The summed E-state index contributed by atoms with van der Waals surface area (Å²) >= 11 is 13.4. The van der Waals surface area contributed by atoms with Gasteiger partial charge in [0.05, 0.1) is 39.6 Å². The zero-order valence-corrected chi connectivity index (χ0v) is 30.8. The molecule has 10 nitrogen and oxygen atoms in total. The molecule has 0 aliphatic carbocycles. The van der Waals surface area contributed by atoms with E-state index in [1.165, 1.54) is 0 Å². The summed E-state index contributed by atoms with van der Waals surface area (Å²) in [6.07, 6.45) is 2.21. The minimum Gasteiger partial charge on any atom is -0.494 e. The number of aromatic nitrogens is 5. The van der Waals surface area contributed by atoms with E-state index in [0.717, 1.165) is 72.6 Å². The van der Waals surface area contributed by atoms with Crippen molar-refractivity contribution in [2.75, 3.05) is 25.1 Å². The Hall–Kier alpha value is -4.80. The van der Waals surface area contributed by atoms with Gasteiger partial charge in [-0.3, -0.25) is 14.2 Å². The summed E-state index contributed by atoms with van der Waals surface area (Å²) in [5.74, 6) is 0.403. The van der Waals surface area contributed by atoms with Gasteiger partial charge in [0.1, 0.15) is 5.75 Å². The maximum absolute atomic E-state index is 13.0. The maximum atomic E-state index is 13.0. The first-order valence-electron chi connectivity index (χ1n) is 16.4. The number of hydrogen-bond acceptors (Lipinski definition) is 6. The smallest absolute Gasteiger partial charge is 0.337 e. The van der Waals surface area contributed by atoms with Gasteiger partial charge in [0.25, 0.3) is 0 Å². The summed E-state index contributed by atoms with van der Waals surface area (Å²) in [4.78, 5) is 27.0. The van der Waals surface area contributed by atoms with E-state index in [9.17, 15) is 14.7 Å². The summed E-state index contributed by atoms with van der Waals surface area (Å²) in [7, 11) is 5.57. The molecule has 0 aliphatic rings. The number of halogens is 2. The Bertz CT molecular complexity index is 2280. The zero-order valence-electron chi connectivity index (χ0n) is 29.3. The highest BCUT2D eigenvalue weighted by Crippen LogP contribution is 2.42. The Morgan fingerprint density at radius 2 is 1.68 bits per heavy atom. The summed E-state index contributed by atoms with van der Waals surface area (Å²) in [6, 6.07) is 13.0. The van der Waals surface area contributed by atoms with Gasteiger partial charge in [0, 0.05) is 66.8 Å². The molecule has 260 valence electrons. The third-order valence-electron chi connectivity index (χ3n) is 9.54. The van der Waals surface area contributed by atoms with Crippen LogP contribution in [0.1, 0.15) is 55.3 Å². The number of carbonyl (C=O) groups excluding carboxylic acids is 1. The third-order valence-corrected chi connectivity index (χ3v) is 10.4. The number of likely N-dealkylation sites (N-methyl/N-ethyl adjacent to an activating group) is 1. The monoisotopic (exact) mass is 714 g/mol. The van der Waals surface area contributed by atoms with E-state index < -0.39 is 5.97 Å². The van der Waals surface area contributed by atoms with Crippen LogP contribution >= 0.6 is 23.2 Å². The molecule has 3 aromatic carbocycles. The molecule has 0 radical (unpaired) electrons. The van der Waals surface area contributed by atoms with Gasteiger partial charge in [-0.2, -0.15) is 10.2 Å². The minimum absolute atomic E-state index is 0.188. The molecule has 0 bridgehead atoms. The van der Waals surface area contributed by atoms with E-state index in [1.807, 2.05) is 81.7 Å². The Morgan fingerprint density at radius 1 is 0.960 bits per heavy atom. The Labute approximate surface area is 300 Å². The van der Waals surface area contributed by atoms with Gasteiger partial charge in [-0.15, -0.1) is 0 Å². The molecule has 3 aromatic heterocycles. The first-order valence-corrected chi connectivity index (χ1v) is 17.2. The van der Waals surface area contributed by atoms with E-state index >= 15 is 0 Å². The number of ether oxygens (including phenoxy) is 1. The van der Waals surface area contributed by atoms with Crippen LogP contribution in [-0.4, -0.2) is 61.7 Å². The van der Waals surface area contributed by atoms with Crippen LogP contribution in [0.3, 0.4) is 0 Å². The fourth-order valence-electron chi connectivity index (χ4n) is 7.07. The van der Waals surface area contributed by atoms with Crippen molar-refractivity contribution in [3.8, 4) is 16.9 Å². The van der Waals surface area contributed by atoms with Crippen molar-refractivity contribution >= 4 is 63.1 Å². The molecule has 0 saturated carbocycles. The average Bonchev–Trinajstić information content (AvgIpc) is 3.67. The molecule has 0 saturated heterocycles. The predicted molar refractivity (Wildman–Crippen MR) is 200 cm³/mol. The lowest BCUT2D eigenvalue weighted by atomic mass is 9.98. The lowest BCUT2D eigenvalue weighted by Gasteiger charge is -2.19. The second kappa shape index (κ2) is 13.8. The van der Waals surface area contributed by atoms with E-state index in [-0.39, 0.29) is 5.56 Å². The highest BCUT2D eigenvalue weighted by molar-refractivity contribution is 6.35. The van der Waals surface area contributed by atoms with E-state index in [2.05, 4.69) is 9.67 Å². The van der Waals surface area contributed by atoms with Gasteiger partial charge >= 0.3 is 5.97 Å². The minimum atomic E-state index is -1.01. The van der Waals surface area contributed by atoms with Crippen molar-refractivity contribution in [2.24, 2.45) is 14.1 Å². The van der Waals surface area contributed by atoms with Crippen LogP contribution in [0, 0.1) is 27.7 Å². The van der Waals surface area contributed by atoms with Crippen molar-refractivity contribution in [3.63, 3.8) is 0 Å². The normalized spacial score (nSPS) is 11.5. The molecule has 0 aliphatic heterocycles. The average molecular weight is 716 g/mol. The molecule has 1 N–H and O–H groups in total. The predicted octanol–water partition coefficient (Wildman–Crippen LogP) is 8.13. The highest BCUT2D eigenvalue weighted by Gasteiger charge is 2.26. The summed E-state index contributed by atoms with van der Waals surface area (Å²) in [5, 5.41) is 22.2. The van der Waals surface area contributed by atoms with Crippen LogP contribution in [0.15, 0.2) is 42.5 Å². The molecule has 0 amide bonds. The number of carbonyl (C=O) groups is 2. The number of para-hydroxylation sites is 1. The molecule has 12 heteroatoms. The number of aryl methyl sites for hydroxylation is 6. The lowest BCUT2D eigenvalue weighted by Crippen LogP contribution is -2.24. The molecule has 0 spiro atoms. The number of carboxylic acid groups (broad SMARTS) is 1.